The van der Waals surface area contributed by atoms with E-state index in [1.165, 1.54) is 10.8 Å². The summed E-state index contributed by atoms with van der Waals surface area (Å²) < 4.78 is 17.6. The third-order valence-corrected chi connectivity index (χ3v) is 5.94. The molecule has 0 saturated heterocycles. The summed E-state index contributed by atoms with van der Waals surface area (Å²) in [5.41, 5.74) is 9.89. The van der Waals surface area contributed by atoms with Crippen molar-refractivity contribution in [3.63, 3.8) is 0 Å². The van der Waals surface area contributed by atoms with E-state index in [9.17, 15) is 5.26 Å². The van der Waals surface area contributed by atoms with Gasteiger partial charge in [0.1, 0.15) is 18.2 Å². The molecular formula is C27H24N4O3. The van der Waals surface area contributed by atoms with E-state index in [0.29, 0.717) is 36.2 Å². The van der Waals surface area contributed by atoms with Gasteiger partial charge in [-0.25, -0.2) is 0 Å². The minimum atomic E-state index is -0.416. The van der Waals surface area contributed by atoms with Gasteiger partial charge in [0.05, 0.1) is 12.5 Å². The number of nitrogens with two attached hydrogens (primary N) is 1. The van der Waals surface area contributed by atoms with Gasteiger partial charge in [0, 0.05) is 11.3 Å². The van der Waals surface area contributed by atoms with Crippen LogP contribution in [0.15, 0.2) is 72.1 Å². The van der Waals surface area contributed by atoms with Gasteiger partial charge in [-0.05, 0) is 53.9 Å². The molecule has 3 aromatic carbocycles. The van der Waals surface area contributed by atoms with Crippen LogP contribution in [0.2, 0.25) is 0 Å². The third-order valence-electron chi connectivity index (χ3n) is 5.94. The molecule has 0 bridgehead atoms. The van der Waals surface area contributed by atoms with Gasteiger partial charge in [-0.15, -0.1) is 5.10 Å². The van der Waals surface area contributed by atoms with Gasteiger partial charge < -0.3 is 19.9 Å². The zero-order valence-electron chi connectivity index (χ0n) is 19.0. The standard InChI is InChI=1S/C27H24N4O3/c1-3-32-23-13-20(25-21(14-28)26(29)34-27-24(25)16(2)30-31-27)10-11-22(23)33-15-17-8-9-18-6-4-5-7-19(18)12-17/h4-13,25H,3,15,29H2,1-2H3,(H,30,31). The SMILES string of the molecule is CCOc1cc(C2C(C#N)=C(N)Oc3n[nH]c(C)c32)ccc1OCc1ccc2ccccc2c1. The van der Waals surface area contributed by atoms with E-state index in [4.69, 9.17) is 19.9 Å². The molecule has 7 heteroatoms. The van der Waals surface area contributed by atoms with Crippen LogP contribution in [0.1, 0.15) is 35.2 Å². The topological polar surface area (TPSA) is 106 Å². The van der Waals surface area contributed by atoms with Crippen LogP contribution in [0, 0.1) is 18.3 Å². The second-order valence-electron chi connectivity index (χ2n) is 8.10. The Labute approximate surface area is 197 Å². The first-order valence-corrected chi connectivity index (χ1v) is 11.1. The number of ether oxygens (including phenoxy) is 3. The minimum absolute atomic E-state index is 0.0566. The average molecular weight is 453 g/mol. The zero-order valence-corrected chi connectivity index (χ0v) is 19.0. The number of hydrogen-bond acceptors (Lipinski definition) is 6. The van der Waals surface area contributed by atoms with Gasteiger partial charge in [-0.3, -0.25) is 5.10 Å². The van der Waals surface area contributed by atoms with Crippen molar-refractivity contribution in [3.05, 3.63) is 94.5 Å². The second kappa shape index (κ2) is 8.83. The lowest BCUT2D eigenvalue weighted by Gasteiger charge is -2.24. The lowest BCUT2D eigenvalue weighted by atomic mass is 9.84. The first kappa shape index (κ1) is 21.4. The van der Waals surface area contributed by atoms with Gasteiger partial charge in [-0.1, -0.05) is 42.5 Å². The summed E-state index contributed by atoms with van der Waals surface area (Å²) in [6, 6.07) is 22.4. The normalized spacial score (nSPS) is 14.9. The van der Waals surface area contributed by atoms with E-state index in [2.05, 4.69) is 46.6 Å². The summed E-state index contributed by atoms with van der Waals surface area (Å²) in [5.74, 6) is 1.26. The molecule has 0 amide bonds. The number of H-pyrrole nitrogens is 1. The van der Waals surface area contributed by atoms with Gasteiger partial charge in [-0.2, -0.15) is 5.26 Å². The van der Waals surface area contributed by atoms with Crippen LogP contribution < -0.4 is 19.9 Å². The maximum atomic E-state index is 9.81. The maximum absolute atomic E-state index is 9.81. The Bertz CT molecular complexity index is 1450. The number of aryl methyl sites for hydroxylation is 1. The van der Waals surface area contributed by atoms with Gasteiger partial charge in [0.15, 0.2) is 11.5 Å². The van der Waals surface area contributed by atoms with E-state index in [-0.39, 0.29) is 5.88 Å². The number of nitrogens with one attached hydrogen (secondary N) is 1. The zero-order chi connectivity index (χ0) is 23.7. The fourth-order valence-corrected chi connectivity index (χ4v) is 4.31. The van der Waals surface area contributed by atoms with Crippen molar-refractivity contribution in [1.82, 2.24) is 10.2 Å². The number of allylic oxidation sites excluding steroid dienone is 1. The monoisotopic (exact) mass is 452 g/mol. The van der Waals surface area contributed by atoms with Crippen molar-refractivity contribution >= 4 is 10.8 Å². The van der Waals surface area contributed by atoms with Gasteiger partial charge in [0.25, 0.3) is 0 Å². The molecule has 5 rings (SSSR count). The Morgan fingerprint density at radius 1 is 1.06 bits per heavy atom. The van der Waals surface area contributed by atoms with Crippen molar-refractivity contribution in [2.45, 2.75) is 26.4 Å². The van der Waals surface area contributed by atoms with Crippen LogP contribution in [-0.4, -0.2) is 16.8 Å². The summed E-state index contributed by atoms with van der Waals surface area (Å²) in [6.07, 6.45) is 0. The Hall–Kier alpha value is -4.44. The molecule has 1 aliphatic heterocycles. The lowest BCUT2D eigenvalue weighted by Crippen LogP contribution is -2.21. The van der Waals surface area contributed by atoms with Crippen LogP contribution in [0.25, 0.3) is 10.8 Å². The minimum Gasteiger partial charge on any atom is -0.490 e. The van der Waals surface area contributed by atoms with Crippen molar-refractivity contribution in [2.75, 3.05) is 6.61 Å². The van der Waals surface area contributed by atoms with E-state index >= 15 is 0 Å². The average Bonchev–Trinajstić information content (AvgIpc) is 3.22. The second-order valence-corrected chi connectivity index (χ2v) is 8.10. The molecule has 170 valence electrons. The van der Waals surface area contributed by atoms with Crippen LogP contribution >= 0.6 is 0 Å². The van der Waals surface area contributed by atoms with Crippen molar-refractivity contribution in [3.8, 4) is 23.4 Å². The first-order valence-electron chi connectivity index (χ1n) is 11.1. The van der Waals surface area contributed by atoms with E-state index < -0.39 is 5.92 Å². The third kappa shape index (κ3) is 3.80. The molecule has 7 nitrogen and oxygen atoms in total. The van der Waals surface area contributed by atoms with Crippen molar-refractivity contribution < 1.29 is 14.2 Å². The first-order chi connectivity index (χ1) is 16.6. The summed E-state index contributed by atoms with van der Waals surface area (Å²) in [7, 11) is 0. The number of aromatic nitrogens is 2. The molecular weight excluding hydrogens is 428 g/mol. The highest BCUT2D eigenvalue weighted by molar-refractivity contribution is 5.82. The molecule has 1 atom stereocenters. The number of fused-ring (bicyclic) bond motifs is 2. The Morgan fingerprint density at radius 3 is 2.68 bits per heavy atom. The Balaban J connectivity index is 1.47. The van der Waals surface area contributed by atoms with Crippen molar-refractivity contribution in [2.24, 2.45) is 5.73 Å². The molecule has 3 N–H and O–H groups in total. The number of nitrogens with zero attached hydrogens (tertiary/aromatic N) is 2. The number of hydrogen-bond donors (Lipinski definition) is 2. The number of aromatic amines is 1. The highest BCUT2D eigenvalue weighted by Gasteiger charge is 2.34. The van der Waals surface area contributed by atoms with E-state index in [1.807, 2.05) is 44.2 Å². The van der Waals surface area contributed by atoms with Crippen molar-refractivity contribution in [1.29, 1.82) is 5.26 Å². The van der Waals surface area contributed by atoms with Crippen LogP contribution in [0.5, 0.6) is 17.4 Å². The number of benzene rings is 3. The largest absolute Gasteiger partial charge is 0.490 e. The molecule has 1 aromatic heterocycles. The van der Waals surface area contributed by atoms with Crippen LogP contribution in [0.3, 0.4) is 0 Å². The van der Waals surface area contributed by atoms with E-state index in [1.54, 1.807) is 0 Å². The Kier molecular flexibility index (Phi) is 5.56. The molecule has 0 saturated carbocycles. The molecule has 1 unspecified atom stereocenters. The number of rotatable bonds is 6. The summed E-state index contributed by atoms with van der Waals surface area (Å²) in [6.45, 7) is 4.69. The number of nitriles is 1. The lowest BCUT2D eigenvalue weighted by molar-refractivity contribution is 0.269. The molecule has 1 aliphatic rings. The summed E-state index contributed by atoms with van der Waals surface area (Å²) >= 11 is 0. The smallest absolute Gasteiger partial charge is 0.244 e. The van der Waals surface area contributed by atoms with Gasteiger partial charge in [0.2, 0.25) is 11.8 Å². The maximum Gasteiger partial charge on any atom is 0.244 e. The molecule has 0 spiro atoms. The molecule has 4 aromatic rings. The quantitative estimate of drug-likeness (QED) is 0.423. The predicted octanol–water partition coefficient (Wildman–Crippen LogP) is 5.07. The van der Waals surface area contributed by atoms with Crippen LogP contribution in [0.4, 0.5) is 0 Å². The molecule has 0 fully saturated rings. The molecule has 0 radical (unpaired) electrons. The predicted molar refractivity (Wildman–Crippen MR) is 129 cm³/mol. The molecule has 0 aliphatic carbocycles. The molecule has 34 heavy (non-hydrogen) atoms. The Morgan fingerprint density at radius 2 is 1.88 bits per heavy atom. The molecule has 2 heterocycles. The summed E-state index contributed by atoms with van der Waals surface area (Å²) in [4.78, 5) is 0. The highest BCUT2D eigenvalue weighted by atomic mass is 16.5. The highest BCUT2D eigenvalue weighted by Crippen LogP contribution is 2.44. The summed E-state index contributed by atoms with van der Waals surface area (Å²) in [5, 5.41) is 19.3. The van der Waals surface area contributed by atoms with E-state index in [0.717, 1.165) is 22.4 Å². The van der Waals surface area contributed by atoms with Gasteiger partial charge >= 0.3 is 0 Å². The fourth-order valence-electron chi connectivity index (χ4n) is 4.31. The fraction of sp³-hybridized carbons (Fsp3) is 0.185. The van der Waals surface area contributed by atoms with Crippen LogP contribution in [-0.2, 0) is 6.61 Å².